The first kappa shape index (κ1) is 24.0. The molecule has 174 valence electrons. The minimum absolute atomic E-state index is 0.0357. The monoisotopic (exact) mass is 461 g/mol. The SMILES string of the molecule is CC(C)COc1cc(Nc2ccc(S(=O)(=O)N(C)CCO)cc2)n2ncc(C(C)C)c2n1. The van der Waals surface area contributed by atoms with Gasteiger partial charge < -0.3 is 15.2 Å². The minimum Gasteiger partial charge on any atom is -0.477 e. The summed E-state index contributed by atoms with van der Waals surface area (Å²) >= 11 is 0. The molecular formula is C22H31N5O4S. The molecule has 0 saturated heterocycles. The summed E-state index contributed by atoms with van der Waals surface area (Å²) in [6.07, 6.45) is 1.80. The molecule has 2 heterocycles. The van der Waals surface area contributed by atoms with Gasteiger partial charge in [-0.25, -0.2) is 8.42 Å². The average Bonchev–Trinajstić information content (AvgIpc) is 3.17. The Labute approximate surface area is 189 Å². The van der Waals surface area contributed by atoms with Gasteiger partial charge in [0.2, 0.25) is 15.9 Å². The highest BCUT2D eigenvalue weighted by Gasteiger charge is 2.20. The van der Waals surface area contributed by atoms with Crippen LogP contribution in [-0.2, 0) is 10.0 Å². The van der Waals surface area contributed by atoms with Crippen LogP contribution < -0.4 is 10.1 Å². The van der Waals surface area contributed by atoms with Crippen LogP contribution in [0.3, 0.4) is 0 Å². The molecule has 0 spiro atoms. The lowest BCUT2D eigenvalue weighted by atomic mass is 10.1. The normalized spacial score (nSPS) is 12.3. The van der Waals surface area contributed by atoms with Crippen LogP contribution in [0.25, 0.3) is 5.65 Å². The van der Waals surface area contributed by atoms with Crippen molar-refractivity contribution < 1.29 is 18.3 Å². The molecule has 1 aromatic carbocycles. The fourth-order valence-corrected chi connectivity index (χ4v) is 4.24. The van der Waals surface area contributed by atoms with E-state index in [1.165, 1.54) is 19.2 Å². The Morgan fingerprint density at radius 2 is 1.88 bits per heavy atom. The number of rotatable bonds is 10. The van der Waals surface area contributed by atoms with Gasteiger partial charge in [-0.05, 0) is 36.1 Å². The highest BCUT2D eigenvalue weighted by atomic mass is 32.2. The summed E-state index contributed by atoms with van der Waals surface area (Å²) < 4.78 is 33.8. The summed E-state index contributed by atoms with van der Waals surface area (Å²) in [7, 11) is -2.22. The zero-order valence-electron chi connectivity index (χ0n) is 19.1. The van der Waals surface area contributed by atoms with Gasteiger partial charge in [-0.15, -0.1) is 0 Å². The van der Waals surface area contributed by atoms with E-state index in [1.807, 2.05) is 0 Å². The van der Waals surface area contributed by atoms with Crippen LogP contribution in [-0.4, -0.2) is 59.2 Å². The number of nitrogens with one attached hydrogen (secondary N) is 1. The van der Waals surface area contributed by atoms with Gasteiger partial charge in [0.25, 0.3) is 0 Å². The molecule has 0 aliphatic heterocycles. The number of fused-ring (bicyclic) bond motifs is 1. The Hall–Kier alpha value is -2.69. The number of nitrogens with zero attached hydrogens (tertiary/aromatic N) is 4. The van der Waals surface area contributed by atoms with Gasteiger partial charge >= 0.3 is 0 Å². The van der Waals surface area contributed by atoms with E-state index in [9.17, 15) is 8.42 Å². The van der Waals surface area contributed by atoms with Crippen LogP contribution >= 0.6 is 0 Å². The molecule has 0 fully saturated rings. The largest absolute Gasteiger partial charge is 0.477 e. The fraction of sp³-hybridized carbons (Fsp3) is 0.455. The van der Waals surface area contributed by atoms with Crippen molar-refractivity contribution >= 4 is 27.2 Å². The minimum atomic E-state index is -3.66. The summed E-state index contributed by atoms with van der Waals surface area (Å²) in [5.41, 5.74) is 2.42. The van der Waals surface area contributed by atoms with Gasteiger partial charge in [0, 0.05) is 30.9 Å². The lowest BCUT2D eigenvalue weighted by Crippen LogP contribution is -2.29. The van der Waals surface area contributed by atoms with E-state index in [-0.39, 0.29) is 24.0 Å². The lowest BCUT2D eigenvalue weighted by Gasteiger charge is -2.16. The van der Waals surface area contributed by atoms with Crippen LogP contribution in [0.4, 0.5) is 11.5 Å². The van der Waals surface area contributed by atoms with E-state index < -0.39 is 10.0 Å². The predicted octanol–water partition coefficient (Wildman–Crippen LogP) is 3.24. The maximum atomic E-state index is 12.6. The number of likely N-dealkylation sites (N-methyl/N-ethyl adjacent to an activating group) is 1. The van der Waals surface area contributed by atoms with Crippen molar-refractivity contribution in [1.82, 2.24) is 18.9 Å². The lowest BCUT2D eigenvalue weighted by molar-refractivity contribution is 0.261. The summed E-state index contributed by atoms with van der Waals surface area (Å²) in [6, 6.07) is 8.22. The second kappa shape index (κ2) is 9.85. The molecule has 2 N–H and O–H groups in total. The summed E-state index contributed by atoms with van der Waals surface area (Å²) in [6.45, 7) is 8.65. The van der Waals surface area contributed by atoms with Crippen molar-refractivity contribution in [2.45, 2.75) is 38.5 Å². The van der Waals surface area contributed by atoms with Crippen LogP contribution in [0.15, 0.2) is 41.4 Å². The Kier molecular flexibility index (Phi) is 7.37. The second-order valence-corrected chi connectivity index (χ2v) is 10.4. The third-order valence-electron chi connectivity index (χ3n) is 4.91. The first-order chi connectivity index (χ1) is 15.1. The fourth-order valence-electron chi connectivity index (χ4n) is 3.08. The number of aromatic nitrogens is 3. The number of sulfonamides is 1. The molecule has 0 saturated carbocycles. The number of hydrogen-bond acceptors (Lipinski definition) is 7. The molecule has 3 aromatic rings. The van der Waals surface area contributed by atoms with Crippen LogP contribution in [0.2, 0.25) is 0 Å². The molecule has 0 aliphatic rings. The van der Waals surface area contributed by atoms with Crippen LogP contribution in [0, 0.1) is 5.92 Å². The molecule has 10 heteroatoms. The van der Waals surface area contributed by atoms with E-state index in [1.54, 1.807) is 28.9 Å². The molecule has 2 aromatic heterocycles. The second-order valence-electron chi connectivity index (χ2n) is 8.37. The molecule has 0 radical (unpaired) electrons. The number of aliphatic hydroxyl groups is 1. The van der Waals surface area contributed by atoms with E-state index in [0.29, 0.717) is 35.6 Å². The average molecular weight is 462 g/mol. The van der Waals surface area contributed by atoms with Crippen molar-refractivity contribution in [2.75, 3.05) is 32.1 Å². The molecule has 0 bridgehead atoms. The Morgan fingerprint density at radius 1 is 1.19 bits per heavy atom. The zero-order valence-corrected chi connectivity index (χ0v) is 19.9. The zero-order chi connectivity index (χ0) is 23.5. The quantitative estimate of drug-likeness (QED) is 0.477. The van der Waals surface area contributed by atoms with Crippen LogP contribution in [0.5, 0.6) is 5.88 Å². The van der Waals surface area contributed by atoms with E-state index in [4.69, 9.17) is 9.84 Å². The predicted molar refractivity (Wildman–Crippen MR) is 124 cm³/mol. The number of hydrogen-bond donors (Lipinski definition) is 2. The van der Waals surface area contributed by atoms with Crippen LogP contribution in [0.1, 0.15) is 39.2 Å². The highest BCUT2D eigenvalue weighted by molar-refractivity contribution is 7.89. The first-order valence-corrected chi connectivity index (χ1v) is 12.0. The smallest absolute Gasteiger partial charge is 0.242 e. The maximum absolute atomic E-state index is 12.6. The number of aliphatic hydroxyl groups excluding tert-OH is 1. The highest BCUT2D eigenvalue weighted by Crippen LogP contribution is 2.27. The van der Waals surface area contributed by atoms with E-state index in [0.717, 1.165) is 9.87 Å². The van der Waals surface area contributed by atoms with Gasteiger partial charge in [-0.2, -0.15) is 18.9 Å². The number of anilines is 2. The summed E-state index contributed by atoms with van der Waals surface area (Å²) in [5.74, 6) is 1.76. The van der Waals surface area contributed by atoms with Crippen molar-refractivity contribution in [2.24, 2.45) is 5.92 Å². The van der Waals surface area contributed by atoms with Crippen molar-refractivity contribution in [3.63, 3.8) is 0 Å². The molecule has 32 heavy (non-hydrogen) atoms. The third-order valence-corrected chi connectivity index (χ3v) is 6.78. The van der Waals surface area contributed by atoms with Gasteiger partial charge in [-0.1, -0.05) is 27.7 Å². The topological polar surface area (TPSA) is 109 Å². The molecule has 0 aliphatic carbocycles. The van der Waals surface area contributed by atoms with Crippen molar-refractivity contribution in [1.29, 1.82) is 0 Å². The van der Waals surface area contributed by atoms with Gasteiger partial charge in [0.05, 0.1) is 24.3 Å². The molecule has 0 atom stereocenters. The summed E-state index contributed by atoms with van der Waals surface area (Å²) in [4.78, 5) is 4.80. The molecule has 3 rings (SSSR count). The third kappa shape index (κ3) is 5.20. The maximum Gasteiger partial charge on any atom is 0.242 e. The number of benzene rings is 1. The first-order valence-electron chi connectivity index (χ1n) is 10.6. The Morgan fingerprint density at radius 3 is 2.47 bits per heavy atom. The molecule has 0 amide bonds. The molecule has 9 nitrogen and oxygen atoms in total. The molecular weight excluding hydrogens is 430 g/mol. The van der Waals surface area contributed by atoms with Crippen molar-refractivity contribution in [3.8, 4) is 5.88 Å². The Balaban J connectivity index is 1.94. The molecule has 0 unspecified atom stereocenters. The van der Waals surface area contributed by atoms with Crippen molar-refractivity contribution in [3.05, 3.63) is 42.1 Å². The van der Waals surface area contributed by atoms with Gasteiger partial charge in [0.15, 0.2) is 5.65 Å². The standard InChI is InChI=1S/C22H31N5O4S/c1-15(2)14-31-21-12-20(27-22(25-21)19(13-23-27)16(3)4)24-17-6-8-18(9-7-17)32(29,30)26(5)10-11-28/h6-9,12-13,15-16,24,28H,10-11,14H2,1-5H3. The van der Waals surface area contributed by atoms with Gasteiger partial charge in [0.1, 0.15) is 5.82 Å². The summed E-state index contributed by atoms with van der Waals surface area (Å²) in [5, 5.41) is 16.8. The van der Waals surface area contributed by atoms with E-state index in [2.05, 4.69) is 43.1 Å². The number of ether oxygens (including phenoxy) is 1. The Bertz CT molecular complexity index is 1160. The van der Waals surface area contributed by atoms with E-state index >= 15 is 0 Å². The van der Waals surface area contributed by atoms with Gasteiger partial charge in [-0.3, -0.25) is 0 Å².